The average molecular weight is 194 g/mol. The molecule has 0 fully saturated rings. The highest BCUT2D eigenvalue weighted by Gasteiger charge is 2.06. The predicted octanol–water partition coefficient (Wildman–Crippen LogP) is 0.445. The van der Waals surface area contributed by atoms with Crippen molar-refractivity contribution in [3.05, 3.63) is 18.0 Å². The van der Waals surface area contributed by atoms with Crippen LogP contribution in [0.4, 0.5) is 0 Å². The molecule has 2 aromatic heterocycles. The van der Waals surface area contributed by atoms with Crippen molar-refractivity contribution in [1.82, 2.24) is 20.4 Å². The molecule has 0 saturated carbocycles. The van der Waals surface area contributed by atoms with E-state index < -0.39 is 0 Å². The topological polar surface area (TPSA) is 83.1 Å². The Morgan fingerprint density at radius 2 is 2.50 bits per heavy atom. The Kier molecular flexibility index (Phi) is 2.30. The second kappa shape index (κ2) is 3.60. The highest BCUT2D eigenvalue weighted by atomic mass is 16.5. The Bertz CT molecular complexity index is 440. The number of hydrogen-bond donors (Lipinski definition) is 3. The molecule has 2 aromatic rings. The van der Waals surface area contributed by atoms with Gasteiger partial charge in [-0.1, -0.05) is 0 Å². The maximum atomic E-state index is 8.59. The van der Waals surface area contributed by atoms with Crippen LogP contribution in [0.1, 0.15) is 5.56 Å². The van der Waals surface area contributed by atoms with Gasteiger partial charge in [-0.2, -0.15) is 4.98 Å². The van der Waals surface area contributed by atoms with E-state index in [1.165, 1.54) is 7.11 Å². The second-order valence-electron chi connectivity index (χ2n) is 2.77. The molecule has 0 radical (unpaired) electrons. The molecule has 0 unspecified atom stereocenters. The minimum atomic E-state index is 0.316. The molecule has 0 bridgehead atoms. The lowest BCUT2D eigenvalue weighted by molar-refractivity contribution is 0.161. The largest absolute Gasteiger partial charge is 0.467 e. The summed E-state index contributed by atoms with van der Waals surface area (Å²) in [5.41, 5.74) is 4.51. The summed E-state index contributed by atoms with van der Waals surface area (Å²) < 4.78 is 4.91. The van der Waals surface area contributed by atoms with Crippen LogP contribution in [0, 0.1) is 0 Å². The minimum Gasteiger partial charge on any atom is -0.467 e. The minimum absolute atomic E-state index is 0.316. The van der Waals surface area contributed by atoms with Crippen LogP contribution in [0.2, 0.25) is 0 Å². The van der Waals surface area contributed by atoms with Crippen LogP contribution < -0.4 is 10.2 Å². The van der Waals surface area contributed by atoms with E-state index in [2.05, 4.69) is 20.4 Å². The van der Waals surface area contributed by atoms with Crippen molar-refractivity contribution in [2.75, 3.05) is 7.11 Å². The van der Waals surface area contributed by atoms with Gasteiger partial charge in [-0.25, -0.2) is 10.5 Å². The first-order chi connectivity index (χ1) is 6.85. The van der Waals surface area contributed by atoms with E-state index in [0.29, 0.717) is 12.6 Å². The van der Waals surface area contributed by atoms with Gasteiger partial charge in [0.25, 0.3) is 0 Å². The molecule has 0 atom stereocenters. The monoisotopic (exact) mass is 194 g/mol. The van der Waals surface area contributed by atoms with Gasteiger partial charge in [0.2, 0.25) is 0 Å². The van der Waals surface area contributed by atoms with Gasteiger partial charge >= 0.3 is 6.01 Å². The molecule has 0 aliphatic heterocycles. The molecule has 6 heteroatoms. The first kappa shape index (κ1) is 8.92. The maximum absolute atomic E-state index is 8.59. The fraction of sp³-hybridized carbons (Fsp3) is 0.250. The fourth-order valence-electron chi connectivity index (χ4n) is 1.27. The summed E-state index contributed by atoms with van der Waals surface area (Å²) in [7, 11) is 1.51. The van der Waals surface area contributed by atoms with E-state index >= 15 is 0 Å². The van der Waals surface area contributed by atoms with Crippen molar-refractivity contribution in [3.8, 4) is 6.01 Å². The molecule has 0 aliphatic rings. The Hall–Kier alpha value is -1.66. The van der Waals surface area contributed by atoms with Crippen LogP contribution in [-0.4, -0.2) is 27.3 Å². The summed E-state index contributed by atoms with van der Waals surface area (Å²) in [5.74, 6) is 0. The van der Waals surface area contributed by atoms with Gasteiger partial charge in [-0.3, -0.25) is 0 Å². The Labute approximate surface area is 79.9 Å². The summed E-state index contributed by atoms with van der Waals surface area (Å²) in [4.78, 5) is 11.1. The Morgan fingerprint density at radius 1 is 1.64 bits per heavy atom. The molecule has 0 saturated heterocycles. The van der Waals surface area contributed by atoms with Crippen molar-refractivity contribution in [2.24, 2.45) is 0 Å². The molecular weight excluding hydrogens is 184 g/mol. The van der Waals surface area contributed by atoms with Crippen LogP contribution in [0.5, 0.6) is 6.01 Å². The van der Waals surface area contributed by atoms with E-state index in [9.17, 15) is 0 Å². The van der Waals surface area contributed by atoms with E-state index in [0.717, 1.165) is 16.6 Å². The van der Waals surface area contributed by atoms with Crippen molar-refractivity contribution in [1.29, 1.82) is 0 Å². The van der Waals surface area contributed by atoms with Gasteiger partial charge in [0.15, 0.2) is 0 Å². The van der Waals surface area contributed by atoms with Crippen LogP contribution in [-0.2, 0) is 6.54 Å². The van der Waals surface area contributed by atoms with Gasteiger partial charge in [0.05, 0.1) is 24.3 Å². The number of hydroxylamine groups is 1. The lowest BCUT2D eigenvalue weighted by Gasteiger charge is -1.98. The highest BCUT2D eigenvalue weighted by molar-refractivity contribution is 5.78. The number of aromatic nitrogens is 3. The maximum Gasteiger partial charge on any atom is 0.316 e. The third-order valence-corrected chi connectivity index (χ3v) is 1.92. The second-order valence-corrected chi connectivity index (χ2v) is 2.77. The number of fused-ring (bicyclic) bond motifs is 1. The molecule has 14 heavy (non-hydrogen) atoms. The molecule has 0 aliphatic carbocycles. The van der Waals surface area contributed by atoms with Gasteiger partial charge < -0.3 is 14.9 Å². The molecule has 6 nitrogen and oxygen atoms in total. The fourth-order valence-corrected chi connectivity index (χ4v) is 1.27. The van der Waals surface area contributed by atoms with E-state index in [-0.39, 0.29) is 0 Å². The lowest BCUT2D eigenvalue weighted by atomic mass is 10.3. The number of hydrogen-bond acceptors (Lipinski definition) is 5. The standard InChI is InChI=1S/C8H10N4O2/c1-14-8-10-4-6-7(12-8)5(2-9-6)3-11-13/h2,4,9,11,13H,3H2,1H3. The zero-order valence-corrected chi connectivity index (χ0v) is 7.61. The van der Waals surface area contributed by atoms with Gasteiger partial charge in [0.1, 0.15) is 0 Å². The zero-order valence-electron chi connectivity index (χ0n) is 7.61. The number of aromatic amines is 1. The third-order valence-electron chi connectivity index (χ3n) is 1.92. The number of H-pyrrole nitrogens is 1. The normalized spacial score (nSPS) is 10.7. The van der Waals surface area contributed by atoms with Crippen LogP contribution >= 0.6 is 0 Å². The lowest BCUT2D eigenvalue weighted by Crippen LogP contribution is -2.05. The van der Waals surface area contributed by atoms with E-state index in [4.69, 9.17) is 9.94 Å². The average Bonchev–Trinajstić information content (AvgIpc) is 2.61. The predicted molar refractivity (Wildman–Crippen MR) is 49.1 cm³/mol. The van der Waals surface area contributed by atoms with Crippen molar-refractivity contribution in [2.45, 2.75) is 6.54 Å². The number of nitrogens with one attached hydrogen (secondary N) is 2. The van der Waals surface area contributed by atoms with Crippen molar-refractivity contribution < 1.29 is 9.94 Å². The van der Waals surface area contributed by atoms with Crippen LogP contribution in [0.25, 0.3) is 11.0 Å². The van der Waals surface area contributed by atoms with Gasteiger partial charge in [0, 0.05) is 18.3 Å². The number of ether oxygens (including phenoxy) is 1. The Balaban J connectivity index is 2.52. The van der Waals surface area contributed by atoms with Crippen molar-refractivity contribution in [3.63, 3.8) is 0 Å². The number of rotatable bonds is 3. The first-order valence-corrected chi connectivity index (χ1v) is 4.09. The van der Waals surface area contributed by atoms with Crippen LogP contribution in [0.15, 0.2) is 12.4 Å². The molecule has 0 spiro atoms. The molecule has 0 aromatic carbocycles. The summed E-state index contributed by atoms with van der Waals surface area (Å²) in [6, 6.07) is 0.316. The third kappa shape index (κ3) is 1.40. The summed E-state index contributed by atoms with van der Waals surface area (Å²) >= 11 is 0. The van der Waals surface area contributed by atoms with Gasteiger partial charge in [-0.15, -0.1) is 0 Å². The Morgan fingerprint density at radius 3 is 3.21 bits per heavy atom. The number of nitrogens with zero attached hydrogens (tertiary/aromatic N) is 2. The zero-order chi connectivity index (χ0) is 9.97. The summed E-state index contributed by atoms with van der Waals surface area (Å²) in [5, 5.41) is 8.59. The van der Waals surface area contributed by atoms with E-state index in [1.807, 2.05) is 0 Å². The van der Waals surface area contributed by atoms with E-state index in [1.54, 1.807) is 12.4 Å². The summed E-state index contributed by atoms with van der Waals surface area (Å²) in [6.07, 6.45) is 3.41. The first-order valence-electron chi connectivity index (χ1n) is 4.09. The highest BCUT2D eigenvalue weighted by Crippen LogP contribution is 2.16. The van der Waals surface area contributed by atoms with Crippen LogP contribution in [0.3, 0.4) is 0 Å². The molecule has 3 N–H and O–H groups in total. The molecule has 0 amide bonds. The van der Waals surface area contributed by atoms with Crippen molar-refractivity contribution >= 4 is 11.0 Å². The summed E-state index contributed by atoms with van der Waals surface area (Å²) in [6.45, 7) is 0.333. The molecule has 74 valence electrons. The quantitative estimate of drug-likeness (QED) is 0.618. The SMILES string of the molecule is COc1ncc2[nH]cc(CNO)c2n1. The molecular formula is C8H10N4O2. The molecule has 2 heterocycles. The number of methoxy groups -OCH3 is 1. The van der Waals surface area contributed by atoms with Gasteiger partial charge in [-0.05, 0) is 0 Å². The molecule has 2 rings (SSSR count). The smallest absolute Gasteiger partial charge is 0.316 e.